The molecule has 1 atom stereocenters. The van der Waals surface area contributed by atoms with Crippen LogP contribution in [0, 0.1) is 12.7 Å². The first-order valence-corrected chi connectivity index (χ1v) is 7.36. The predicted molar refractivity (Wildman–Crippen MR) is 82.8 cm³/mol. The van der Waals surface area contributed by atoms with Crippen molar-refractivity contribution < 1.29 is 4.39 Å². The maximum Gasteiger partial charge on any atom is 0.141 e. The first kappa shape index (κ1) is 16.2. The zero-order valence-corrected chi connectivity index (χ0v) is 13.3. The Bertz CT molecular complexity index is 642. The number of benzene rings is 1. The number of nitrogens with one attached hydrogen (secondary N) is 1. The lowest BCUT2D eigenvalue weighted by atomic mass is 10.0. The van der Waals surface area contributed by atoms with E-state index >= 15 is 0 Å². The second-order valence-corrected chi connectivity index (χ2v) is 5.54. The molecule has 2 rings (SSSR count). The first-order chi connectivity index (χ1) is 9.97. The summed E-state index contributed by atoms with van der Waals surface area (Å²) in [5.41, 5.74) is 5.18. The lowest BCUT2D eigenvalue weighted by molar-refractivity contribution is 0.516. The summed E-state index contributed by atoms with van der Waals surface area (Å²) in [5, 5.41) is 5.07. The summed E-state index contributed by atoms with van der Waals surface area (Å²) in [4.78, 5) is 0. The molecule has 0 spiro atoms. The van der Waals surface area contributed by atoms with Crippen LogP contribution in [0.2, 0.25) is 10.0 Å². The van der Waals surface area contributed by atoms with Gasteiger partial charge in [0, 0.05) is 13.0 Å². The van der Waals surface area contributed by atoms with E-state index in [1.807, 2.05) is 18.5 Å². The van der Waals surface area contributed by atoms with Crippen LogP contribution in [0.3, 0.4) is 0 Å². The van der Waals surface area contributed by atoms with E-state index in [0.29, 0.717) is 18.0 Å². The smallest absolute Gasteiger partial charge is 0.141 e. The Balaban J connectivity index is 2.33. The zero-order valence-electron chi connectivity index (χ0n) is 11.8. The highest BCUT2D eigenvalue weighted by atomic mass is 35.5. The minimum absolute atomic E-state index is 0.0685. The summed E-state index contributed by atoms with van der Waals surface area (Å²) in [6.07, 6.45) is 0.534. The molecule has 4 nitrogen and oxygen atoms in total. The van der Waals surface area contributed by atoms with Gasteiger partial charge in [-0.1, -0.05) is 29.3 Å². The average Bonchev–Trinajstić information content (AvgIpc) is 2.75. The number of nitrogens with two attached hydrogens (primary N) is 1. The van der Waals surface area contributed by atoms with Gasteiger partial charge in [0.2, 0.25) is 0 Å². The van der Waals surface area contributed by atoms with Crippen LogP contribution in [0.5, 0.6) is 0 Å². The van der Waals surface area contributed by atoms with Gasteiger partial charge in [-0.2, -0.15) is 5.10 Å². The molecule has 1 aromatic heterocycles. The van der Waals surface area contributed by atoms with Crippen molar-refractivity contribution in [2.24, 2.45) is 5.84 Å². The lowest BCUT2D eigenvalue weighted by Gasteiger charge is -2.17. The Morgan fingerprint density at radius 1 is 1.43 bits per heavy atom. The molecule has 1 unspecified atom stereocenters. The number of aryl methyl sites for hydroxylation is 2. The van der Waals surface area contributed by atoms with Gasteiger partial charge in [-0.05, 0) is 31.5 Å². The van der Waals surface area contributed by atoms with Gasteiger partial charge >= 0.3 is 0 Å². The van der Waals surface area contributed by atoms with Crippen molar-refractivity contribution in [3.05, 3.63) is 51.0 Å². The van der Waals surface area contributed by atoms with Crippen LogP contribution in [0.15, 0.2) is 18.2 Å². The molecule has 0 aliphatic heterocycles. The summed E-state index contributed by atoms with van der Waals surface area (Å²) in [5.74, 6) is 5.17. The van der Waals surface area contributed by atoms with E-state index in [4.69, 9.17) is 29.0 Å². The largest absolute Gasteiger partial charge is 0.271 e. The Labute approximate surface area is 133 Å². The summed E-state index contributed by atoms with van der Waals surface area (Å²) in [6.45, 7) is 4.56. The molecule has 0 amide bonds. The first-order valence-electron chi connectivity index (χ1n) is 6.60. The van der Waals surface area contributed by atoms with E-state index in [2.05, 4.69) is 10.5 Å². The van der Waals surface area contributed by atoms with Crippen molar-refractivity contribution in [2.75, 3.05) is 0 Å². The number of hydrazine groups is 1. The second-order valence-electron chi connectivity index (χ2n) is 4.76. The van der Waals surface area contributed by atoms with Gasteiger partial charge in [0.05, 0.1) is 27.5 Å². The van der Waals surface area contributed by atoms with Crippen LogP contribution in [-0.2, 0) is 13.0 Å². The van der Waals surface area contributed by atoms with Crippen molar-refractivity contribution in [3.63, 3.8) is 0 Å². The van der Waals surface area contributed by atoms with E-state index in [-0.39, 0.29) is 11.1 Å². The maximum atomic E-state index is 13.3. The topological polar surface area (TPSA) is 55.9 Å². The van der Waals surface area contributed by atoms with Crippen molar-refractivity contribution in [1.82, 2.24) is 15.2 Å². The summed E-state index contributed by atoms with van der Waals surface area (Å²) in [6, 6.07) is 4.31. The third-order valence-corrected chi connectivity index (χ3v) is 4.18. The number of halogens is 3. The van der Waals surface area contributed by atoms with Crippen LogP contribution in [-0.4, -0.2) is 9.78 Å². The van der Waals surface area contributed by atoms with Crippen LogP contribution in [0.1, 0.15) is 29.9 Å². The maximum absolute atomic E-state index is 13.3. The standard InChI is InChI=1S/C14H17Cl2FN4/c1-3-21-13(14(16)8(2)20-21)7-12(19-18)9-4-5-11(17)10(15)6-9/h4-6,12,19H,3,7,18H2,1-2H3. The highest BCUT2D eigenvalue weighted by Crippen LogP contribution is 2.27. The minimum atomic E-state index is -0.455. The molecular formula is C14H17Cl2FN4. The molecule has 0 radical (unpaired) electrons. The second kappa shape index (κ2) is 6.75. The van der Waals surface area contributed by atoms with Gasteiger partial charge < -0.3 is 0 Å². The van der Waals surface area contributed by atoms with E-state index in [9.17, 15) is 4.39 Å². The summed E-state index contributed by atoms with van der Waals surface area (Å²) >= 11 is 12.1. The molecule has 2 aromatic rings. The van der Waals surface area contributed by atoms with Crippen LogP contribution >= 0.6 is 23.2 Å². The molecule has 0 saturated heterocycles. The third kappa shape index (κ3) is 3.37. The van der Waals surface area contributed by atoms with Gasteiger partial charge in [0.25, 0.3) is 0 Å². The number of nitrogens with zero attached hydrogens (tertiary/aromatic N) is 2. The average molecular weight is 331 g/mol. The van der Waals surface area contributed by atoms with Gasteiger partial charge in [-0.25, -0.2) is 4.39 Å². The number of hydrogen-bond donors (Lipinski definition) is 2. The van der Waals surface area contributed by atoms with Gasteiger partial charge in [-0.15, -0.1) is 0 Å². The Kier molecular flexibility index (Phi) is 5.22. The van der Waals surface area contributed by atoms with Crippen molar-refractivity contribution in [1.29, 1.82) is 0 Å². The fraction of sp³-hybridized carbons (Fsp3) is 0.357. The molecule has 1 aromatic carbocycles. The van der Waals surface area contributed by atoms with Crippen LogP contribution in [0.4, 0.5) is 4.39 Å². The monoisotopic (exact) mass is 330 g/mol. The predicted octanol–water partition coefficient (Wildman–Crippen LogP) is 3.40. The van der Waals surface area contributed by atoms with Crippen LogP contribution in [0.25, 0.3) is 0 Å². The molecule has 21 heavy (non-hydrogen) atoms. The third-order valence-electron chi connectivity index (χ3n) is 3.40. The van der Waals surface area contributed by atoms with Gasteiger partial charge in [0.1, 0.15) is 5.82 Å². The molecule has 3 N–H and O–H groups in total. The van der Waals surface area contributed by atoms with Crippen molar-refractivity contribution in [2.45, 2.75) is 32.9 Å². The number of rotatable bonds is 5. The molecule has 0 aliphatic carbocycles. The van der Waals surface area contributed by atoms with E-state index in [1.54, 1.807) is 12.1 Å². The highest BCUT2D eigenvalue weighted by molar-refractivity contribution is 6.32. The molecule has 0 saturated carbocycles. The summed E-state index contributed by atoms with van der Waals surface area (Å²) in [7, 11) is 0. The van der Waals surface area contributed by atoms with Gasteiger partial charge in [0.15, 0.2) is 0 Å². The molecule has 0 aliphatic rings. The van der Waals surface area contributed by atoms with E-state index in [0.717, 1.165) is 17.0 Å². The van der Waals surface area contributed by atoms with Crippen LogP contribution < -0.4 is 11.3 Å². The number of hydrogen-bond acceptors (Lipinski definition) is 3. The lowest BCUT2D eigenvalue weighted by Crippen LogP contribution is -2.30. The Hall–Kier alpha value is -1.14. The minimum Gasteiger partial charge on any atom is -0.271 e. The Morgan fingerprint density at radius 3 is 2.71 bits per heavy atom. The quantitative estimate of drug-likeness (QED) is 0.652. The van der Waals surface area contributed by atoms with E-state index < -0.39 is 5.82 Å². The molecule has 0 fully saturated rings. The van der Waals surface area contributed by atoms with E-state index in [1.165, 1.54) is 6.07 Å². The molecule has 1 heterocycles. The summed E-state index contributed by atoms with van der Waals surface area (Å²) < 4.78 is 15.1. The zero-order chi connectivity index (χ0) is 15.6. The normalized spacial score (nSPS) is 12.7. The Morgan fingerprint density at radius 2 is 2.14 bits per heavy atom. The van der Waals surface area contributed by atoms with Crippen molar-refractivity contribution in [3.8, 4) is 0 Å². The fourth-order valence-corrected chi connectivity index (χ4v) is 2.66. The fourth-order valence-electron chi connectivity index (χ4n) is 2.26. The van der Waals surface area contributed by atoms with Crippen molar-refractivity contribution >= 4 is 23.2 Å². The number of aromatic nitrogens is 2. The molecule has 0 bridgehead atoms. The highest BCUT2D eigenvalue weighted by Gasteiger charge is 2.19. The molecular weight excluding hydrogens is 314 g/mol. The molecule has 114 valence electrons. The molecule has 7 heteroatoms. The SMILES string of the molecule is CCn1nc(C)c(Cl)c1CC(NN)c1ccc(F)c(Cl)c1. The van der Waals surface area contributed by atoms with Gasteiger partial charge in [-0.3, -0.25) is 16.0 Å².